The second-order valence-corrected chi connectivity index (χ2v) is 6.91. The number of esters is 1. The molecule has 0 aliphatic carbocycles. The summed E-state index contributed by atoms with van der Waals surface area (Å²) in [5.74, 6) is -0.146. The third-order valence-electron chi connectivity index (χ3n) is 3.39. The van der Waals surface area contributed by atoms with Crippen LogP contribution < -0.4 is 5.73 Å². The van der Waals surface area contributed by atoms with Gasteiger partial charge in [0.15, 0.2) is 0 Å². The average molecular weight is 314 g/mol. The molecule has 2 N–H and O–H groups in total. The number of amides is 1. The maximum Gasteiger partial charge on any atom is 0.323 e. The second-order valence-electron chi connectivity index (χ2n) is 6.91. The minimum atomic E-state index is -0.567. The van der Waals surface area contributed by atoms with E-state index in [1.54, 1.807) is 4.90 Å². The molecule has 0 rings (SSSR count). The molecule has 130 valence electrons. The van der Waals surface area contributed by atoms with Crippen LogP contribution in [0, 0.1) is 0 Å². The number of rotatable bonds is 10. The summed E-state index contributed by atoms with van der Waals surface area (Å²) in [5.41, 5.74) is 5.32. The van der Waals surface area contributed by atoms with Crippen LogP contribution in [0.15, 0.2) is 0 Å². The van der Waals surface area contributed by atoms with Gasteiger partial charge in [0.2, 0.25) is 5.91 Å². The van der Waals surface area contributed by atoms with Gasteiger partial charge in [0.25, 0.3) is 0 Å². The fourth-order valence-electron chi connectivity index (χ4n) is 2.02. The van der Waals surface area contributed by atoms with Crippen molar-refractivity contribution in [1.82, 2.24) is 4.90 Å². The van der Waals surface area contributed by atoms with Gasteiger partial charge in [-0.05, 0) is 40.0 Å². The number of ether oxygens (including phenoxy) is 1. The van der Waals surface area contributed by atoms with Crippen LogP contribution in [0.25, 0.3) is 0 Å². The molecule has 5 nitrogen and oxygen atoms in total. The van der Waals surface area contributed by atoms with Crippen LogP contribution in [0.4, 0.5) is 0 Å². The minimum absolute atomic E-state index is 0.199. The predicted molar refractivity (Wildman–Crippen MR) is 89.5 cm³/mol. The molecular weight excluding hydrogens is 280 g/mol. The summed E-state index contributed by atoms with van der Waals surface area (Å²) in [6, 6.07) is -0.567. The number of carbonyl (C=O) groups excluding carboxylic acids is 2. The zero-order valence-electron chi connectivity index (χ0n) is 15.0. The Morgan fingerprint density at radius 3 is 2.32 bits per heavy atom. The van der Waals surface area contributed by atoms with E-state index in [9.17, 15) is 9.59 Å². The molecule has 0 fully saturated rings. The van der Waals surface area contributed by atoms with Crippen LogP contribution in [0.5, 0.6) is 0 Å². The molecule has 22 heavy (non-hydrogen) atoms. The summed E-state index contributed by atoms with van der Waals surface area (Å²) in [5, 5.41) is 0. The Hall–Kier alpha value is -1.10. The molecular formula is C17H34N2O3. The molecule has 0 spiro atoms. The first-order valence-corrected chi connectivity index (χ1v) is 8.39. The van der Waals surface area contributed by atoms with E-state index in [4.69, 9.17) is 10.5 Å². The van der Waals surface area contributed by atoms with Crippen LogP contribution in [-0.4, -0.2) is 42.0 Å². The summed E-state index contributed by atoms with van der Waals surface area (Å²) in [7, 11) is 1.86. The fourth-order valence-corrected chi connectivity index (χ4v) is 2.02. The van der Waals surface area contributed by atoms with Crippen molar-refractivity contribution in [3.8, 4) is 0 Å². The van der Waals surface area contributed by atoms with Gasteiger partial charge in [-0.2, -0.15) is 0 Å². The maximum atomic E-state index is 11.8. The van der Waals surface area contributed by atoms with E-state index in [1.807, 2.05) is 27.8 Å². The van der Waals surface area contributed by atoms with Crippen molar-refractivity contribution in [2.75, 3.05) is 13.6 Å². The standard InChI is InChI=1S/C17H34N2O3/c1-6-7-13-19(5)15(20)12-10-8-9-11-14(18)16(21)22-17(2,3)4/h14H,6-13,18H2,1-5H3. The molecule has 0 saturated carbocycles. The van der Waals surface area contributed by atoms with Gasteiger partial charge >= 0.3 is 5.97 Å². The average Bonchev–Trinajstić information content (AvgIpc) is 2.41. The van der Waals surface area contributed by atoms with Gasteiger partial charge in [-0.15, -0.1) is 0 Å². The zero-order chi connectivity index (χ0) is 17.2. The van der Waals surface area contributed by atoms with Gasteiger partial charge < -0.3 is 15.4 Å². The van der Waals surface area contributed by atoms with Gasteiger partial charge in [0.05, 0.1) is 0 Å². The lowest BCUT2D eigenvalue weighted by Crippen LogP contribution is -2.37. The molecule has 0 saturated heterocycles. The van der Waals surface area contributed by atoms with E-state index in [0.717, 1.165) is 38.6 Å². The maximum absolute atomic E-state index is 11.8. The number of hydrogen-bond acceptors (Lipinski definition) is 4. The van der Waals surface area contributed by atoms with Gasteiger partial charge in [0.1, 0.15) is 11.6 Å². The Kier molecular flexibility index (Phi) is 10.1. The smallest absolute Gasteiger partial charge is 0.323 e. The Morgan fingerprint density at radius 1 is 1.14 bits per heavy atom. The van der Waals surface area contributed by atoms with E-state index >= 15 is 0 Å². The highest BCUT2D eigenvalue weighted by Gasteiger charge is 2.21. The number of unbranched alkanes of at least 4 members (excludes halogenated alkanes) is 3. The molecule has 0 bridgehead atoms. The van der Waals surface area contributed by atoms with E-state index < -0.39 is 11.6 Å². The summed E-state index contributed by atoms with van der Waals surface area (Å²) < 4.78 is 5.24. The zero-order valence-corrected chi connectivity index (χ0v) is 15.0. The molecule has 0 heterocycles. The highest BCUT2D eigenvalue weighted by atomic mass is 16.6. The largest absolute Gasteiger partial charge is 0.459 e. The summed E-state index contributed by atoms with van der Waals surface area (Å²) in [6.45, 7) is 8.44. The van der Waals surface area contributed by atoms with Crippen molar-refractivity contribution in [1.29, 1.82) is 0 Å². The fraction of sp³-hybridized carbons (Fsp3) is 0.882. The number of nitrogens with two attached hydrogens (primary N) is 1. The summed E-state index contributed by atoms with van der Waals surface area (Å²) >= 11 is 0. The lowest BCUT2D eigenvalue weighted by molar-refractivity contribution is -0.156. The summed E-state index contributed by atoms with van der Waals surface area (Å²) in [6.07, 6.45) is 5.91. The van der Waals surface area contributed by atoms with Crippen molar-refractivity contribution in [2.24, 2.45) is 5.73 Å². The van der Waals surface area contributed by atoms with Crippen molar-refractivity contribution in [2.45, 2.75) is 84.3 Å². The van der Waals surface area contributed by atoms with Crippen LogP contribution in [0.2, 0.25) is 0 Å². The normalized spacial score (nSPS) is 12.8. The predicted octanol–water partition coefficient (Wildman–Crippen LogP) is 2.86. The number of carbonyl (C=O) groups is 2. The van der Waals surface area contributed by atoms with Crippen molar-refractivity contribution < 1.29 is 14.3 Å². The van der Waals surface area contributed by atoms with E-state index in [-0.39, 0.29) is 11.9 Å². The molecule has 0 aromatic heterocycles. The first kappa shape index (κ1) is 20.9. The highest BCUT2D eigenvalue weighted by Crippen LogP contribution is 2.11. The van der Waals surface area contributed by atoms with Gasteiger partial charge in [-0.25, -0.2) is 0 Å². The van der Waals surface area contributed by atoms with Crippen molar-refractivity contribution in [3.05, 3.63) is 0 Å². The van der Waals surface area contributed by atoms with Crippen LogP contribution in [-0.2, 0) is 14.3 Å². The quantitative estimate of drug-likeness (QED) is 0.497. The first-order valence-electron chi connectivity index (χ1n) is 8.39. The third kappa shape index (κ3) is 10.6. The first-order chi connectivity index (χ1) is 10.2. The van der Waals surface area contributed by atoms with Crippen LogP contribution >= 0.6 is 0 Å². The molecule has 0 radical (unpaired) electrons. The lowest BCUT2D eigenvalue weighted by atomic mass is 10.1. The highest BCUT2D eigenvalue weighted by molar-refractivity contribution is 5.76. The van der Waals surface area contributed by atoms with Crippen molar-refractivity contribution >= 4 is 11.9 Å². The SMILES string of the molecule is CCCCN(C)C(=O)CCCCCC(N)C(=O)OC(C)(C)C. The van der Waals surface area contributed by atoms with Crippen LogP contribution in [0.1, 0.15) is 72.6 Å². The molecule has 1 unspecified atom stereocenters. The molecule has 0 aromatic rings. The van der Waals surface area contributed by atoms with E-state index in [2.05, 4.69) is 6.92 Å². The Balaban J connectivity index is 3.76. The molecule has 0 aliphatic rings. The third-order valence-corrected chi connectivity index (χ3v) is 3.39. The topological polar surface area (TPSA) is 72.6 Å². The molecule has 5 heteroatoms. The monoisotopic (exact) mass is 314 g/mol. The van der Waals surface area contributed by atoms with Gasteiger partial charge in [-0.3, -0.25) is 9.59 Å². The van der Waals surface area contributed by atoms with E-state index in [1.165, 1.54) is 0 Å². The molecule has 1 amide bonds. The minimum Gasteiger partial charge on any atom is -0.459 e. The number of hydrogen-bond donors (Lipinski definition) is 1. The van der Waals surface area contributed by atoms with Gasteiger partial charge in [-0.1, -0.05) is 26.2 Å². The lowest BCUT2D eigenvalue weighted by Gasteiger charge is -2.22. The molecule has 0 aromatic carbocycles. The Labute approximate surface area is 135 Å². The summed E-state index contributed by atoms with van der Waals surface area (Å²) in [4.78, 5) is 25.4. The second kappa shape index (κ2) is 10.6. The molecule has 1 atom stereocenters. The van der Waals surface area contributed by atoms with Crippen molar-refractivity contribution in [3.63, 3.8) is 0 Å². The molecule has 0 aliphatic heterocycles. The van der Waals surface area contributed by atoms with E-state index in [0.29, 0.717) is 12.8 Å². The number of nitrogens with zero attached hydrogens (tertiary/aromatic N) is 1. The van der Waals surface area contributed by atoms with Gasteiger partial charge in [0, 0.05) is 20.0 Å². The van der Waals surface area contributed by atoms with Crippen LogP contribution in [0.3, 0.4) is 0 Å². The Bertz CT molecular complexity index is 337. The Morgan fingerprint density at radius 2 is 1.77 bits per heavy atom.